The van der Waals surface area contributed by atoms with Crippen LogP contribution in [-0.4, -0.2) is 42.5 Å². The SMILES string of the molecule is CCC(C)(N)C(=O)NCCN(C)C1CCCC1. The molecule has 0 aromatic rings. The maximum absolute atomic E-state index is 11.7. The number of carbonyl (C=O) groups is 1. The Kier molecular flexibility index (Phi) is 5.40. The molecule has 1 unspecified atom stereocenters. The van der Waals surface area contributed by atoms with Crippen molar-refractivity contribution in [3.63, 3.8) is 0 Å². The Morgan fingerprint density at radius 3 is 2.59 bits per heavy atom. The van der Waals surface area contributed by atoms with Gasteiger partial charge in [-0.05, 0) is 33.2 Å². The number of hydrogen-bond acceptors (Lipinski definition) is 3. The topological polar surface area (TPSA) is 58.4 Å². The summed E-state index contributed by atoms with van der Waals surface area (Å²) in [5.41, 5.74) is 5.14. The number of nitrogens with two attached hydrogens (primary N) is 1. The summed E-state index contributed by atoms with van der Waals surface area (Å²) in [4.78, 5) is 14.1. The largest absolute Gasteiger partial charge is 0.353 e. The van der Waals surface area contributed by atoms with Crippen LogP contribution < -0.4 is 11.1 Å². The zero-order chi connectivity index (χ0) is 12.9. The van der Waals surface area contributed by atoms with E-state index in [1.165, 1.54) is 25.7 Å². The van der Waals surface area contributed by atoms with E-state index in [9.17, 15) is 4.79 Å². The maximum Gasteiger partial charge on any atom is 0.239 e. The van der Waals surface area contributed by atoms with Crippen LogP contribution in [0.5, 0.6) is 0 Å². The number of nitrogens with zero attached hydrogens (tertiary/aromatic N) is 1. The van der Waals surface area contributed by atoms with Crippen LogP contribution in [0.25, 0.3) is 0 Å². The molecule has 1 atom stereocenters. The lowest BCUT2D eigenvalue weighted by Gasteiger charge is -2.26. The molecule has 1 aliphatic carbocycles. The summed E-state index contributed by atoms with van der Waals surface area (Å²) in [6.45, 7) is 5.32. The molecule has 0 spiro atoms. The normalized spacial score (nSPS) is 20.5. The van der Waals surface area contributed by atoms with Crippen molar-refractivity contribution < 1.29 is 4.79 Å². The molecule has 1 aliphatic rings. The molecule has 0 heterocycles. The van der Waals surface area contributed by atoms with Gasteiger partial charge in [0.15, 0.2) is 0 Å². The zero-order valence-corrected chi connectivity index (χ0v) is 11.5. The maximum atomic E-state index is 11.7. The van der Waals surface area contributed by atoms with Crippen molar-refractivity contribution in [1.82, 2.24) is 10.2 Å². The molecule has 0 bridgehead atoms. The summed E-state index contributed by atoms with van der Waals surface area (Å²) in [5, 5.41) is 2.92. The molecule has 0 saturated heterocycles. The molecule has 0 radical (unpaired) electrons. The molecule has 4 heteroatoms. The average molecular weight is 241 g/mol. The third-order valence-corrected chi connectivity index (χ3v) is 3.95. The summed E-state index contributed by atoms with van der Waals surface area (Å²) < 4.78 is 0. The van der Waals surface area contributed by atoms with E-state index in [-0.39, 0.29) is 5.91 Å². The number of carbonyl (C=O) groups excluding carboxylic acids is 1. The lowest BCUT2D eigenvalue weighted by molar-refractivity contribution is -0.125. The molecule has 1 fully saturated rings. The van der Waals surface area contributed by atoms with Crippen molar-refractivity contribution >= 4 is 5.91 Å². The molecule has 1 amide bonds. The number of rotatable bonds is 6. The number of nitrogens with one attached hydrogen (secondary N) is 1. The van der Waals surface area contributed by atoms with E-state index in [1.807, 2.05) is 6.92 Å². The van der Waals surface area contributed by atoms with E-state index in [1.54, 1.807) is 6.92 Å². The Morgan fingerprint density at radius 2 is 2.06 bits per heavy atom. The highest BCUT2D eigenvalue weighted by Crippen LogP contribution is 2.21. The number of likely N-dealkylation sites (N-methyl/N-ethyl adjacent to an activating group) is 1. The predicted octanol–water partition coefficient (Wildman–Crippen LogP) is 1.10. The van der Waals surface area contributed by atoms with Gasteiger partial charge in [-0.15, -0.1) is 0 Å². The first kappa shape index (κ1) is 14.5. The molecule has 1 rings (SSSR count). The Morgan fingerprint density at radius 1 is 1.47 bits per heavy atom. The molecule has 4 nitrogen and oxygen atoms in total. The van der Waals surface area contributed by atoms with Crippen molar-refractivity contribution in [2.45, 2.75) is 57.5 Å². The molecule has 3 N–H and O–H groups in total. The summed E-state index contributed by atoms with van der Waals surface area (Å²) in [6.07, 6.45) is 5.95. The Hall–Kier alpha value is -0.610. The molecule has 1 saturated carbocycles. The summed E-state index contributed by atoms with van der Waals surface area (Å²) >= 11 is 0. The molecule has 0 aromatic heterocycles. The smallest absolute Gasteiger partial charge is 0.239 e. The van der Waals surface area contributed by atoms with Gasteiger partial charge in [0.05, 0.1) is 5.54 Å². The van der Waals surface area contributed by atoms with Gasteiger partial charge < -0.3 is 16.0 Å². The van der Waals surface area contributed by atoms with Gasteiger partial charge in [0, 0.05) is 19.1 Å². The van der Waals surface area contributed by atoms with E-state index in [2.05, 4.69) is 17.3 Å². The van der Waals surface area contributed by atoms with Gasteiger partial charge in [-0.1, -0.05) is 19.8 Å². The quantitative estimate of drug-likeness (QED) is 0.732. The monoisotopic (exact) mass is 241 g/mol. The van der Waals surface area contributed by atoms with Crippen LogP contribution in [0.4, 0.5) is 0 Å². The minimum absolute atomic E-state index is 0.0418. The molecule has 0 aromatic carbocycles. The zero-order valence-electron chi connectivity index (χ0n) is 11.5. The average Bonchev–Trinajstić information content (AvgIpc) is 2.82. The van der Waals surface area contributed by atoms with Crippen molar-refractivity contribution in [3.05, 3.63) is 0 Å². The van der Waals surface area contributed by atoms with Crippen LogP contribution >= 0.6 is 0 Å². The van der Waals surface area contributed by atoms with Crippen LogP contribution in [0.15, 0.2) is 0 Å². The second-order valence-corrected chi connectivity index (χ2v) is 5.45. The first-order chi connectivity index (χ1) is 7.97. The molecular weight excluding hydrogens is 214 g/mol. The van der Waals surface area contributed by atoms with Crippen molar-refractivity contribution in [3.8, 4) is 0 Å². The Bertz CT molecular complexity index is 247. The van der Waals surface area contributed by atoms with Gasteiger partial charge in [-0.3, -0.25) is 4.79 Å². The first-order valence-corrected chi connectivity index (χ1v) is 6.75. The van der Waals surface area contributed by atoms with Gasteiger partial charge in [-0.25, -0.2) is 0 Å². The van der Waals surface area contributed by atoms with Gasteiger partial charge in [0.1, 0.15) is 0 Å². The fourth-order valence-electron chi connectivity index (χ4n) is 2.24. The van der Waals surface area contributed by atoms with Crippen molar-refractivity contribution in [1.29, 1.82) is 0 Å². The summed E-state index contributed by atoms with van der Waals surface area (Å²) in [7, 11) is 2.14. The number of amides is 1. The van der Waals surface area contributed by atoms with Crippen LogP contribution in [0.3, 0.4) is 0 Å². The van der Waals surface area contributed by atoms with E-state index in [4.69, 9.17) is 5.73 Å². The third-order valence-electron chi connectivity index (χ3n) is 3.95. The van der Waals surface area contributed by atoms with Gasteiger partial charge in [0.2, 0.25) is 5.91 Å². The highest BCUT2D eigenvalue weighted by molar-refractivity contribution is 5.85. The predicted molar refractivity (Wildman–Crippen MR) is 70.8 cm³/mol. The molecular formula is C13H27N3O. The van der Waals surface area contributed by atoms with Crippen LogP contribution in [0, 0.1) is 0 Å². The second kappa shape index (κ2) is 6.36. The highest BCUT2D eigenvalue weighted by atomic mass is 16.2. The van der Waals surface area contributed by atoms with Crippen molar-refractivity contribution in [2.24, 2.45) is 5.73 Å². The van der Waals surface area contributed by atoms with Crippen LogP contribution in [-0.2, 0) is 4.79 Å². The second-order valence-electron chi connectivity index (χ2n) is 5.45. The van der Waals surface area contributed by atoms with Gasteiger partial charge in [-0.2, -0.15) is 0 Å². The third kappa shape index (κ3) is 4.28. The van der Waals surface area contributed by atoms with E-state index in [0.717, 1.165) is 6.54 Å². The van der Waals surface area contributed by atoms with E-state index < -0.39 is 5.54 Å². The molecule has 100 valence electrons. The highest BCUT2D eigenvalue weighted by Gasteiger charge is 2.25. The number of hydrogen-bond donors (Lipinski definition) is 2. The minimum Gasteiger partial charge on any atom is -0.353 e. The molecule has 0 aliphatic heterocycles. The van der Waals surface area contributed by atoms with Gasteiger partial charge in [0.25, 0.3) is 0 Å². The first-order valence-electron chi connectivity index (χ1n) is 6.75. The Labute approximate surface area is 105 Å². The lowest BCUT2D eigenvalue weighted by Crippen LogP contribution is -2.52. The molecule has 17 heavy (non-hydrogen) atoms. The standard InChI is InChI=1S/C13H27N3O/c1-4-13(2,14)12(17)15-9-10-16(3)11-7-5-6-8-11/h11H,4-10,14H2,1-3H3,(H,15,17). The van der Waals surface area contributed by atoms with E-state index in [0.29, 0.717) is 19.0 Å². The fourth-order valence-corrected chi connectivity index (χ4v) is 2.24. The summed E-state index contributed by atoms with van der Waals surface area (Å²) in [6, 6.07) is 0.710. The van der Waals surface area contributed by atoms with E-state index >= 15 is 0 Å². The van der Waals surface area contributed by atoms with Crippen molar-refractivity contribution in [2.75, 3.05) is 20.1 Å². The fraction of sp³-hybridized carbons (Fsp3) is 0.923. The Balaban J connectivity index is 2.21. The lowest BCUT2D eigenvalue weighted by atomic mass is 10.00. The van der Waals surface area contributed by atoms with Crippen LogP contribution in [0.1, 0.15) is 46.0 Å². The minimum atomic E-state index is -0.730. The van der Waals surface area contributed by atoms with Gasteiger partial charge >= 0.3 is 0 Å². The van der Waals surface area contributed by atoms with Crippen LogP contribution in [0.2, 0.25) is 0 Å². The summed E-state index contributed by atoms with van der Waals surface area (Å²) in [5.74, 6) is -0.0418.